The molecule has 0 spiro atoms. The smallest absolute Gasteiger partial charge is 0.219 e. The van der Waals surface area contributed by atoms with Crippen LogP contribution in [0.5, 0.6) is 0 Å². The Morgan fingerprint density at radius 3 is 2.42 bits per heavy atom. The van der Waals surface area contributed by atoms with Gasteiger partial charge in [-0.05, 0) is 50.6 Å². The number of fused-ring (bicyclic) bond motifs is 1. The van der Waals surface area contributed by atoms with E-state index in [1.165, 1.54) is 0 Å². The van der Waals surface area contributed by atoms with Crippen molar-refractivity contribution in [1.82, 2.24) is 34.5 Å². The van der Waals surface area contributed by atoms with Gasteiger partial charge in [-0.2, -0.15) is 0 Å². The Labute approximate surface area is 179 Å². The van der Waals surface area contributed by atoms with Crippen LogP contribution in [-0.2, 0) is 5.54 Å². The van der Waals surface area contributed by atoms with E-state index in [2.05, 4.69) is 69.9 Å². The minimum Gasteiger partial charge on any atom is -0.368 e. The van der Waals surface area contributed by atoms with Gasteiger partial charge < -0.3 is 10.3 Å². The molecule has 0 atom stereocenters. The lowest BCUT2D eigenvalue weighted by atomic mass is 10.1. The standard InChI is InChI=1S/C23H22N8/c1-23(2,3)31-20-9-8-15(16-13-25-22(24)26-14-16)12-18(20)28-21(31)17-6-4-5-7-19(17)30-11-10-27-29-30/h4-14H,1-3H3,(H2,24,25,26). The van der Waals surface area contributed by atoms with Crippen LogP contribution in [0.3, 0.4) is 0 Å². The lowest BCUT2D eigenvalue weighted by molar-refractivity contribution is 0.413. The molecule has 8 nitrogen and oxygen atoms in total. The van der Waals surface area contributed by atoms with Gasteiger partial charge in [0.05, 0.1) is 29.1 Å². The molecule has 0 radical (unpaired) electrons. The van der Waals surface area contributed by atoms with E-state index in [9.17, 15) is 0 Å². The number of nitrogen functional groups attached to an aromatic ring is 1. The van der Waals surface area contributed by atoms with Gasteiger partial charge in [-0.15, -0.1) is 5.10 Å². The number of rotatable bonds is 3. The van der Waals surface area contributed by atoms with Crippen LogP contribution >= 0.6 is 0 Å². The number of hydrogen-bond acceptors (Lipinski definition) is 6. The van der Waals surface area contributed by atoms with Crippen LogP contribution in [0.25, 0.3) is 39.2 Å². The molecule has 3 heterocycles. The lowest BCUT2D eigenvalue weighted by Gasteiger charge is -2.25. The molecule has 154 valence electrons. The number of para-hydroxylation sites is 1. The number of aromatic nitrogens is 7. The number of benzene rings is 2. The fraction of sp³-hybridized carbons (Fsp3) is 0.174. The summed E-state index contributed by atoms with van der Waals surface area (Å²) in [6.07, 6.45) is 6.96. The average Bonchev–Trinajstić information content (AvgIpc) is 3.41. The van der Waals surface area contributed by atoms with Crippen LogP contribution in [0, 0.1) is 0 Å². The molecule has 0 aliphatic carbocycles. The van der Waals surface area contributed by atoms with Crippen molar-refractivity contribution < 1.29 is 0 Å². The molecule has 5 rings (SSSR count). The summed E-state index contributed by atoms with van der Waals surface area (Å²) in [6, 6.07) is 14.3. The first-order valence-electron chi connectivity index (χ1n) is 9.99. The van der Waals surface area contributed by atoms with Crippen LogP contribution in [0.2, 0.25) is 0 Å². The Morgan fingerprint density at radius 1 is 0.935 bits per heavy atom. The van der Waals surface area contributed by atoms with E-state index in [0.29, 0.717) is 0 Å². The summed E-state index contributed by atoms with van der Waals surface area (Å²) >= 11 is 0. The van der Waals surface area contributed by atoms with Gasteiger partial charge in [-0.25, -0.2) is 19.6 Å². The molecule has 2 aromatic carbocycles. The van der Waals surface area contributed by atoms with E-state index in [1.807, 2.05) is 24.4 Å². The molecule has 3 aromatic heterocycles. The third-order valence-electron chi connectivity index (χ3n) is 5.14. The van der Waals surface area contributed by atoms with Gasteiger partial charge in [0.1, 0.15) is 5.82 Å². The number of nitrogens with two attached hydrogens (primary N) is 1. The monoisotopic (exact) mass is 410 g/mol. The maximum atomic E-state index is 5.64. The largest absolute Gasteiger partial charge is 0.368 e. The SMILES string of the molecule is CC(C)(C)n1c(-c2ccccc2-n2ccnn2)nc2cc(-c3cnc(N)nc3)ccc21. The van der Waals surface area contributed by atoms with Crippen molar-refractivity contribution in [1.29, 1.82) is 0 Å². The first-order chi connectivity index (χ1) is 14.9. The average molecular weight is 410 g/mol. The lowest BCUT2D eigenvalue weighted by Crippen LogP contribution is -2.23. The van der Waals surface area contributed by atoms with Crippen molar-refractivity contribution in [2.45, 2.75) is 26.3 Å². The minimum atomic E-state index is -0.189. The van der Waals surface area contributed by atoms with Gasteiger partial charge in [0.15, 0.2) is 0 Å². The molecular formula is C23H22N8. The summed E-state index contributed by atoms with van der Waals surface area (Å²) in [5.41, 5.74) is 11.2. The molecule has 0 saturated heterocycles. The Balaban J connectivity index is 1.75. The van der Waals surface area contributed by atoms with Crippen LogP contribution in [0.4, 0.5) is 5.95 Å². The van der Waals surface area contributed by atoms with E-state index >= 15 is 0 Å². The fourth-order valence-corrected chi connectivity index (χ4v) is 3.81. The summed E-state index contributed by atoms with van der Waals surface area (Å²) in [5, 5.41) is 8.15. The Bertz CT molecular complexity index is 1360. The maximum Gasteiger partial charge on any atom is 0.219 e. The molecule has 8 heteroatoms. The van der Waals surface area contributed by atoms with E-state index in [1.54, 1.807) is 23.3 Å². The zero-order valence-corrected chi connectivity index (χ0v) is 17.6. The molecule has 0 aliphatic heterocycles. The molecule has 5 aromatic rings. The second kappa shape index (κ2) is 7.02. The summed E-state index contributed by atoms with van der Waals surface area (Å²) in [6.45, 7) is 6.53. The molecule has 31 heavy (non-hydrogen) atoms. The predicted molar refractivity (Wildman–Crippen MR) is 121 cm³/mol. The van der Waals surface area contributed by atoms with Gasteiger partial charge >= 0.3 is 0 Å². The van der Waals surface area contributed by atoms with Gasteiger partial charge in [-0.3, -0.25) is 0 Å². The highest BCUT2D eigenvalue weighted by Crippen LogP contribution is 2.35. The van der Waals surface area contributed by atoms with Crippen molar-refractivity contribution in [2.75, 3.05) is 5.73 Å². The van der Waals surface area contributed by atoms with Crippen molar-refractivity contribution >= 4 is 17.0 Å². The highest BCUT2D eigenvalue weighted by Gasteiger charge is 2.24. The molecule has 0 fully saturated rings. The first-order valence-corrected chi connectivity index (χ1v) is 9.99. The highest BCUT2D eigenvalue weighted by atomic mass is 15.4. The second-order valence-corrected chi connectivity index (χ2v) is 8.34. The van der Waals surface area contributed by atoms with Gasteiger partial charge in [0.2, 0.25) is 5.95 Å². The Kier molecular flexibility index (Phi) is 4.28. The van der Waals surface area contributed by atoms with Crippen LogP contribution in [-0.4, -0.2) is 34.5 Å². The topological polar surface area (TPSA) is 100 Å². The third kappa shape index (κ3) is 3.31. The maximum absolute atomic E-state index is 5.64. The highest BCUT2D eigenvalue weighted by molar-refractivity contribution is 5.86. The number of imidazole rings is 1. The predicted octanol–water partition coefficient (Wildman–Crippen LogP) is 4.08. The van der Waals surface area contributed by atoms with Crippen molar-refractivity contribution in [2.24, 2.45) is 0 Å². The fourth-order valence-electron chi connectivity index (χ4n) is 3.81. The molecular weight excluding hydrogens is 388 g/mol. The Hall–Kier alpha value is -4.07. The molecule has 0 saturated carbocycles. The third-order valence-corrected chi connectivity index (χ3v) is 5.14. The minimum absolute atomic E-state index is 0.189. The summed E-state index contributed by atoms with van der Waals surface area (Å²) in [5.74, 6) is 1.13. The number of nitrogens with zero attached hydrogens (tertiary/aromatic N) is 7. The number of hydrogen-bond donors (Lipinski definition) is 1. The van der Waals surface area contributed by atoms with Gasteiger partial charge in [0.25, 0.3) is 0 Å². The zero-order valence-electron chi connectivity index (χ0n) is 17.6. The van der Waals surface area contributed by atoms with Crippen LogP contribution in [0.1, 0.15) is 20.8 Å². The van der Waals surface area contributed by atoms with Gasteiger partial charge in [-0.1, -0.05) is 23.4 Å². The quantitative estimate of drug-likeness (QED) is 0.481. The van der Waals surface area contributed by atoms with Crippen molar-refractivity contribution in [3.05, 3.63) is 67.3 Å². The van der Waals surface area contributed by atoms with Crippen molar-refractivity contribution in [3.63, 3.8) is 0 Å². The zero-order chi connectivity index (χ0) is 21.6. The number of anilines is 1. The van der Waals surface area contributed by atoms with E-state index in [0.717, 1.165) is 39.2 Å². The second-order valence-electron chi connectivity index (χ2n) is 8.34. The Morgan fingerprint density at radius 2 is 1.71 bits per heavy atom. The molecule has 0 unspecified atom stereocenters. The van der Waals surface area contributed by atoms with E-state index in [4.69, 9.17) is 10.7 Å². The summed E-state index contributed by atoms with van der Waals surface area (Å²) < 4.78 is 4.03. The van der Waals surface area contributed by atoms with E-state index < -0.39 is 0 Å². The molecule has 2 N–H and O–H groups in total. The van der Waals surface area contributed by atoms with Crippen molar-refractivity contribution in [3.8, 4) is 28.2 Å². The molecule has 0 bridgehead atoms. The normalized spacial score (nSPS) is 11.8. The summed E-state index contributed by atoms with van der Waals surface area (Å²) in [7, 11) is 0. The first kappa shape index (κ1) is 18.9. The molecule has 0 amide bonds. The van der Waals surface area contributed by atoms with Crippen LogP contribution < -0.4 is 5.73 Å². The van der Waals surface area contributed by atoms with Crippen LogP contribution in [0.15, 0.2) is 67.3 Å². The summed E-state index contributed by atoms with van der Waals surface area (Å²) in [4.78, 5) is 13.3. The van der Waals surface area contributed by atoms with Gasteiger partial charge in [0, 0.05) is 29.1 Å². The van der Waals surface area contributed by atoms with E-state index in [-0.39, 0.29) is 11.5 Å². The molecule has 0 aliphatic rings.